The molecule has 1 aromatic heterocycles. The summed E-state index contributed by atoms with van der Waals surface area (Å²) in [6.45, 7) is 3.34. The van der Waals surface area contributed by atoms with Crippen LogP contribution >= 0.6 is 11.3 Å². The molecule has 1 saturated heterocycles. The van der Waals surface area contributed by atoms with Crippen molar-refractivity contribution >= 4 is 29.1 Å². The van der Waals surface area contributed by atoms with Crippen LogP contribution in [-0.4, -0.2) is 74.3 Å². The molecule has 1 unspecified atom stereocenters. The number of benzene rings is 1. The summed E-state index contributed by atoms with van der Waals surface area (Å²) in [5.74, 6) is -2.15. The summed E-state index contributed by atoms with van der Waals surface area (Å²) >= 11 is 1.55. The number of carbonyl (C=O) groups excluding carboxylic acids is 3. The summed E-state index contributed by atoms with van der Waals surface area (Å²) in [4.78, 5) is 44.6. The predicted octanol–water partition coefficient (Wildman–Crippen LogP) is 1.06. The average Bonchev–Trinajstić information content (AvgIpc) is 3.24. The fourth-order valence-electron chi connectivity index (χ4n) is 4.14. The molecule has 4 rings (SSSR count). The van der Waals surface area contributed by atoms with E-state index < -0.39 is 47.7 Å². The number of nitrogens with zero attached hydrogens (tertiary/aromatic N) is 2. The predicted molar refractivity (Wildman–Crippen MR) is 127 cm³/mol. The quantitative estimate of drug-likeness (QED) is 0.425. The van der Waals surface area contributed by atoms with E-state index in [9.17, 15) is 29.0 Å². The number of carbonyl (C=O) groups is 3. The van der Waals surface area contributed by atoms with E-state index in [1.807, 2.05) is 31.2 Å². The maximum atomic E-state index is 14.1. The Balaban J connectivity index is 1.39. The van der Waals surface area contributed by atoms with Gasteiger partial charge in [0.2, 0.25) is 11.8 Å². The minimum atomic E-state index is -2.01. The van der Waals surface area contributed by atoms with Gasteiger partial charge in [0.15, 0.2) is 5.67 Å². The molecule has 2 aromatic rings. The largest absolute Gasteiger partial charge is 0.391 e. The monoisotopic (exact) mass is 504 g/mol. The van der Waals surface area contributed by atoms with Crippen molar-refractivity contribution in [3.8, 4) is 10.4 Å². The lowest BCUT2D eigenvalue weighted by Crippen LogP contribution is -2.58. The average molecular weight is 505 g/mol. The molecular formula is C24H29FN4O5S. The summed E-state index contributed by atoms with van der Waals surface area (Å²) < 4.78 is 14.1. The van der Waals surface area contributed by atoms with Gasteiger partial charge in [-0.15, -0.1) is 11.3 Å². The van der Waals surface area contributed by atoms with Gasteiger partial charge in [0.05, 0.1) is 28.3 Å². The van der Waals surface area contributed by atoms with Gasteiger partial charge in [-0.05, 0) is 37.8 Å². The first kappa shape index (κ1) is 25.2. The molecule has 9 nitrogen and oxygen atoms in total. The van der Waals surface area contributed by atoms with Crippen LogP contribution in [0.3, 0.4) is 0 Å². The summed E-state index contributed by atoms with van der Waals surface area (Å²) in [6, 6.07) is 5.29. The molecule has 2 fully saturated rings. The van der Waals surface area contributed by atoms with E-state index in [-0.39, 0.29) is 32.4 Å². The Morgan fingerprint density at radius 3 is 2.54 bits per heavy atom. The van der Waals surface area contributed by atoms with E-state index >= 15 is 0 Å². The van der Waals surface area contributed by atoms with Gasteiger partial charge >= 0.3 is 0 Å². The Labute approximate surface area is 206 Å². The molecule has 0 radical (unpaired) electrons. The molecule has 1 aliphatic carbocycles. The number of β-amino-alcohol motifs (C(OH)–C–C–N with tert-alkyl or cyclic N) is 1. The molecule has 3 amide bonds. The molecule has 2 aliphatic rings. The fraction of sp³-hybridized carbons (Fsp3) is 0.500. The smallest absolute Gasteiger partial charge is 0.258 e. The van der Waals surface area contributed by atoms with E-state index in [0.717, 1.165) is 26.6 Å². The number of aliphatic hydroxyl groups excluding tert-OH is 2. The van der Waals surface area contributed by atoms with Crippen molar-refractivity contribution < 1.29 is 29.0 Å². The van der Waals surface area contributed by atoms with Gasteiger partial charge in [0.1, 0.15) is 12.1 Å². The third kappa shape index (κ3) is 5.52. The first-order valence-corrected chi connectivity index (χ1v) is 12.4. The Kier molecular flexibility index (Phi) is 7.20. The fourth-order valence-corrected chi connectivity index (χ4v) is 4.95. The van der Waals surface area contributed by atoms with Gasteiger partial charge < -0.3 is 25.7 Å². The number of hydrogen-bond acceptors (Lipinski definition) is 7. The number of aliphatic hydroxyl groups is 2. The number of rotatable bonds is 8. The molecule has 4 atom stereocenters. The van der Waals surface area contributed by atoms with Crippen LogP contribution in [0.25, 0.3) is 10.4 Å². The van der Waals surface area contributed by atoms with Crippen molar-refractivity contribution in [3.05, 3.63) is 41.0 Å². The lowest BCUT2D eigenvalue weighted by Gasteiger charge is -2.30. The molecule has 1 aliphatic heterocycles. The van der Waals surface area contributed by atoms with Crippen molar-refractivity contribution in [1.29, 1.82) is 0 Å². The first-order valence-electron chi connectivity index (χ1n) is 11.5. The molecule has 0 bridgehead atoms. The number of thiazole rings is 1. The maximum Gasteiger partial charge on any atom is 0.258 e. The number of aryl methyl sites for hydroxylation is 1. The van der Waals surface area contributed by atoms with Crippen molar-refractivity contribution in [2.24, 2.45) is 0 Å². The van der Waals surface area contributed by atoms with Gasteiger partial charge in [-0.1, -0.05) is 24.3 Å². The zero-order valence-corrected chi connectivity index (χ0v) is 20.3. The van der Waals surface area contributed by atoms with Crippen molar-refractivity contribution in [2.75, 3.05) is 6.54 Å². The Hall–Kier alpha value is -2.89. The molecule has 2 heterocycles. The van der Waals surface area contributed by atoms with Gasteiger partial charge in [-0.3, -0.25) is 14.4 Å². The van der Waals surface area contributed by atoms with E-state index in [0.29, 0.717) is 0 Å². The number of nitrogens with one attached hydrogen (secondary N) is 2. The van der Waals surface area contributed by atoms with Crippen molar-refractivity contribution in [1.82, 2.24) is 20.5 Å². The number of halogens is 1. The number of likely N-dealkylation sites (tertiary alicyclic amines) is 1. The Bertz CT molecular complexity index is 1100. The second-order valence-electron chi connectivity index (χ2n) is 9.23. The zero-order chi connectivity index (χ0) is 25.3. The molecular weight excluding hydrogens is 475 g/mol. The highest BCUT2D eigenvalue weighted by atomic mass is 32.1. The van der Waals surface area contributed by atoms with E-state index in [1.54, 1.807) is 16.8 Å². The topological polar surface area (TPSA) is 132 Å². The first-order chi connectivity index (χ1) is 16.6. The third-order valence-electron chi connectivity index (χ3n) is 6.42. The van der Waals surface area contributed by atoms with Crippen LogP contribution in [0.1, 0.15) is 37.4 Å². The lowest BCUT2D eigenvalue weighted by atomic mass is 10.1. The van der Waals surface area contributed by atoms with Crippen molar-refractivity contribution in [2.45, 2.75) is 69.6 Å². The molecule has 11 heteroatoms. The standard InChI is InChI=1S/C24H29FN4O5S/c1-13-20(35-12-27-13)16-5-3-15(4-6-16)10-26-21(32)18-9-17(31)11-29(18)22(33)19(14(2)30)28-23(34)24(25)7-8-24/h3-6,12,14,17-19,30-31H,7-11H2,1-2H3,(H,26,32)(H,28,34)/t14?,17-,18+,19+/m1/s1. The van der Waals surface area contributed by atoms with Crippen LogP contribution in [0.5, 0.6) is 0 Å². The molecule has 188 valence electrons. The van der Waals surface area contributed by atoms with Gasteiger partial charge in [-0.25, -0.2) is 9.37 Å². The Morgan fingerprint density at radius 2 is 1.97 bits per heavy atom. The molecule has 1 saturated carbocycles. The summed E-state index contributed by atoms with van der Waals surface area (Å²) in [5, 5.41) is 25.3. The van der Waals surface area contributed by atoms with Crippen LogP contribution < -0.4 is 10.6 Å². The minimum Gasteiger partial charge on any atom is -0.391 e. The molecule has 0 spiro atoms. The molecule has 1 aromatic carbocycles. The number of aromatic nitrogens is 1. The maximum absolute atomic E-state index is 14.1. The summed E-state index contributed by atoms with van der Waals surface area (Å²) in [5.41, 5.74) is 2.61. The highest BCUT2D eigenvalue weighted by molar-refractivity contribution is 7.13. The van der Waals surface area contributed by atoms with Crippen molar-refractivity contribution in [3.63, 3.8) is 0 Å². The van der Waals surface area contributed by atoms with Crippen LogP contribution in [0.4, 0.5) is 4.39 Å². The number of alkyl halides is 1. The van der Waals surface area contributed by atoms with E-state index in [4.69, 9.17) is 0 Å². The normalized spacial score (nSPS) is 22.4. The van der Waals surface area contributed by atoms with Crippen LogP contribution in [0, 0.1) is 6.92 Å². The lowest BCUT2D eigenvalue weighted by molar-refractivity contribution is -0.144. The van der Waals surface area contributed by atoms with Gasteiger partial charge in [-0.2, -0.15) is 0 Å². The highest BCUT2D eigenvalue weighted by Crippen LogP contribution is 2.40. The van der Waals surface area contributed by atoms with Gasteiger partial charge in [0, 0.05) is 19.5 Å². The molecule has 35 heavy (non-hydrogen) atoms. The van der Waals surface area contributed by atoms with Crippen LogP contribution in [0.15, 0.2) is 29.8 Å². The second kappa shape index (κ2) is 10.00. The third-order valence-corrected chi connectivity index (χ3v) is 7.40. The molecule has 4 N–H and O–H groups in total. The SMILES string of the molecule is Cc1ncsc1-c1ccc(CNC(=O)[C@@H]2C[C@@H](O)CN2C(=O)[C@@H](NC(=O)C2(F)CC2)C(C)O)cc1. The summed E-state index contributed by atoms with van der Waals surface area (Å²) in [7, 11) is 0. The minimum absolute atomic E-state index is 0.0225. The second-order valence-corrected chi connectivity index (χ2v) is 10.1. The van der Waals surface area contributed by atoms with Crippen LogP contribution in [-0.2, 0) is 20.9 Å². The van der Waals surface area contributed by atoms with E-state index in [1.165, 1.54) is 6.92 Å². The highest BCUT2D eigenvalue weighted by Gasteiger charge is 2.52. The van der Waals surface area contributed by atoms with Gasteiger partial charge in [0.25, 0.3) is 5.91 Å². The number of amides is 3. The Morgan fingerprint density at radius 1 is 1.29 bits per heavy atom. The summed E-state index contributed by atoms with van der Waals surface area (Å²) in [6.07, 6.45) is -2.08. The van der Waals surface area contributed by atoms with E-state index in [2.05, 4.69) is 15.6 Å². The zero-order valence-electron chi connectivity index (χ0n) is 19.5. The van der Waals surface area contributed by atoms with Crippen LogP contribution in [0.2, 0.25) is 0 Å². The number of hydrogen-bond donors (Lipinski definition) is 4.